The van der Waals surface area contributed by atoms with Gasteiger partial charge in [0.15, 0.2) is 0 Å². The van der Waals surface area contributed by atoms with Crippen LogP contribution in [-0.2, 0) is 11.4 Å². The van der Waals surface area contributed by atoms with Gasteiger partial charge in [0.05, 0.1) is 19.7 Å². The van der Waals surface area contributed by atoms with E-state index in [-0.39, 0.29) is 12.3 Å². The van der Waals surface area contributed by atoms with Crippen molar-refractivity contribution in [3.8, 4) is 22.9 Å². The van der Waals surface area contributed by atoms with Crippen LogP contribution in [0.2, 0.25) is 5.02 Å². The number of ketones is 1. The lowest BCUT2D eigenvalue weighted by atomic mass is 10.2. The molecule has 0 amide bonds. The lowest BCUT2D eigenvalue weighted by Gasteiger charge is -2.13. The van der Waals surface area contributed by atoms with Gasteiger partial charge in [0, 0.05) is 28.2 Å². The number of carboxylic acids is 1. The number of carbonyl (C=O) groups excluding carboxylic acids is 1. The molecule has 1 aromatic heterocycles. The summed E-state index contributed by atoms with van der Waals surface area (Å²) in [6.07, 6.45) is 0. The summed E-state index contributed by atoms with van der Waals surface area (Å²) in [7, 11) is 3.15. The zero-order chi connectivity index (χ0) is 23.5. The van der Waals surface area contributed by atoms with Gasteiger partial charge in [-0.3, -0.25) is 4.79 Å². The van der Waals surface area contributed by atoms with Crippen molar-refractivity contribution in [2.24, 2.45) is 0 Å². The molecule has 0 atom stereocenters. The highest BCUT2D eigenvalue weighted by Gasteiger charge is 2.22. The largest absolute Gasteiger partial charge is 0.497 e. The Labute approximate surface area is 194 Å². The van der Waals surface area contributed by atoms with Crippen LogP contribution in [0.4, 0.5) is 0 Å². The Morgan fingerprint density at radius 3 is 2.30 bits per heavy atom. The van der Waals surface area contributed by atoms with Gasteiger partial charge in [0.1, 0.15) is 29.5 Å². The van der Waals surface area contributed by atoms with Crippen molar-refractivity contribution < 1.29 is 28.9 Å². The molecule has 0 bridgehead atoms. The predicted octanol–water partition coefficient (Wildman–Crippen LogP) is 5.15. The molecule has 168 valence electrons. The van der Waals surface area contributed by atoms with Gasteiger partial charge in [0.25, 0.3) is 5.78 Å². The van der Waals surface area contributed by atoms with Crippen molar-refractivity contribution >= 4 is 34.3 Å². The van der Waals surface area contributed by atoms with E-state index in [0.29, 0.717) is 38.9 Å². The third kappa shape index (κ3) is 4.63. The highest BCUT2D eigenvalue weighted by molar-refractivity contribution is 6.40. The molecule has 0 fully saturated rings. The van der Waals surface area contributed by atoms with E-state index in [1.165, 1.54) is 6.07 Å². The van der Waals surface area contributed by atoms with Crippen LogP contribution >= 0.6 is 11.6 Å². The first-order chi connectivity index (χ1) is 15.9. The molecule has 0 aliphatic rings. The molecule has 0 unspecified atom stereocenters. The maximum absolute atomic E-state index is 12.4. The Morgan fingerprint density at radius 1 is 0.909 bits per heavy atom. The zero-order valence-corrected chi connectivity index (χ0v) is 18.6. The summed E-state index contributed by atoms with van der Waals surface area (Å²) >= 11 is 6.09. The second-order valence-electron chi connectivity index (χ2n) is 7.21. The number of aliphatic carboxylic acids is 1. The number of nitrogens with zero attached hydrogens (tertiary/aromatic N) is 1. The van der Waals surface area contributed by atoms with E-state index in [1.54, 1.807) is 67.3 Å². The molecule has 1 heterocycles. The summed E-state index contributed by atoms with van der Waals surface area (Å²) in [5, 5.41) is 10.4. The van der Waals surface area contributed by atoms with Crippen LogP contribution in [0.1, 0.15) is 16.1 Å². The van der Waals surface area contributed by atoms with Crippen LogP contribution < -0.4 is 14.2 Å². The maximum Gasteiger partial charge on any atom is 0.378 e. The van der Waals surface area contributed by atoms with Gasteiger partial charge in [-0.15, -0.1) is 0 Å². The molecule has 0 aliphatic heterocycles. The van der Waals surface area contributed by atoms with Crippen molar-refractivity contribution in [2.75, 3.05) is 14.2 Å². The molecular weight excluding hydrogens is 446 g/mol. The van der Waals surface area contributed by atoms with E-state index in [4.69, 9.17) is 25.8 Å². The van der Waals surface area contributed by atoms with Crippen LogP contribution in [0.25, 0.3) is 16.6 Å². The SMILES string of the molecule is COc1cc(COc2cccc(-n3c(C(=O)C(=O)O)cc4cc(Cl)ccc43)c2)cc(OC)c1. The number of rotatable bonds is 8. The van der Waals surface area contributed by atoms with Crippen LogP contribution in [0, 0.1) is 0 Å². The summed E-state index contributed by atoms with van der Waals surface area (Å²) in [5.41, 5.74) is 2.10. The number of carbonyl (C=O) groups is 2. The Balaban J connectivity index is 1.70. The normalized spacial score (nSPS) is 10.8. The van der Waals surface area contributed by atoms with Crippen molar-refractivity contribution in [3.63, 3.8) is 0 Å². The van der Waals surface area contributed by atoms with Crippen molar-refractivity contribution in [1.82, 2.24) is 4.57 Å². The van der Waals surface area contributed by atoms with Crippen molar-refractivity contribution in [2.45, 2.75) is 6.61 Å². The van der Waals surface area contributed by atoms with Gasteiger partial charge in [-0.25, -0.2) is 4.79 Å². The standard InChI is InChI=1S/C25H20ClNO6/c1-31-20-8-15(9-21(13-20)32-2)14-33-19-5-3-4-18(12-19)27-22-7-6-17(26)10-16(22)11-23(27)24(28)25(29)30/h3-13H,14H2,1-2H3,(H,29,30). The maximum atomic E-state index is 12.4. The van der Waals surface area contributed by atoms with Crippen LogP contribution in [-0.4, -0.2) is 35.6 Å². The lowest BCUT2D eigenvalue weighted by molar-refractivity contribution is -0.131. The van der Waals surface area contributed by atoms with Gasteiger partial charge in [-0.1, -0.05) is 17.7 Å². The summed E-state index contributed by atoms with van der Waals surface area (Å²) in [5.74, 6) is -0.715. The predicted molar refractivity (Wildman–Crippen MR) is 124 cm³/mol. The second kappa shape index (κ2) is 9.26. The van der Waals surface area contributed by atoms with E-state index in [1.807, 2.05) is 12.1 Å². The highest BCUT2D eigenvalue weighted by Crippen LogP contribution is 2.30. The topological polar surface area (TPSA) is 87.0 Å². The molecule has 33 heavy (non-hydrogen) atoms. The zero-order valence-electron chi connectivity index (χ0n) is 17.9. The molecule has 4 aromatic rings. The number of aromatic nitrogens is 1. The number of benzene rings is 3. The minimum atomic E-state index is -1.54. The Morgan fingerprint density at radius 2 is 1.64 bits per heavy atom. The Kier molecular flexibility index (Phi) is 6.24. The van der Waals surface area contributed by atoms with Gasteiger partial charge >= 0.3 is 5.97 Å². The van der Waals surface area contributed by atoms with Crippen molar-refractivity contribution in [1.29, 1.82) is 0 Å². The third-order valence-corrected chi connectivity index (χ3v) is 5.32. The smallest absolute Gasteiger partial charge is 0.378 e. The van der Waals surface area contributed by atoms with Gasteiger partial charge in [0.2, 0.25) is 0 Å². The second-order valence-corrected chi connectivity index (χ2v) is 7.65. The molecule has 0 radical (unpaired) electrons. The molecule has 4 rings (SSSR count). The molecule has 0 saturated heterocycles. The summed E-state index contributed by atoms with van der Waals surface area (Å²) in [6, 6.07) is 19.2. The fourth-order valence-electron chi connectivity index (χ4n) is 3.57. The number of halogens is 1. The molecule has 0 aliphatic carbocycles. The summed E-state index contributed by atoms with van der Waals surface area (Å²) in [6.45, 7) is 0.250. The number of ether oxygens (including phenoxy) is 3. The first kappa shape index (κ1) is 22.2. The molecule has 8 heteroatoms. The fraction of sp³-hybridized carbons (Fsp3) is 0.120. The van der Waals surface area contributed by atoms with E-state index < -0.39 is 11.8 Å². The first-order valence-electron chi connectivity index (χ1n) is 9.93. The van der Waals surface area contributed by atoms with E-state index in [2.05, 4.69) is 0 Å². The number of Topliss-reactive ketones (excluding diaryl/α,β-unsaturated/α-hetero) is 1. The number of hydrogen-bond donors (Lipinski definition) is 1. The number of fused-ring (bicyclic) bond motifs is 1. The fourth-order valence-corrected chi connectivity index (χ4v) is 3.75. The molecule has 7 nitrogen and oxygen atoms in total. The van der Waals surface area contributed by atoms with E-state index in [0.717, 1.165) is 5.56 Å². The van der Waals surface area contributed by atoms with Crippen LogP contribution in [0.15, 0.2) is 66.7 Å². The number of hydrogen-bond acceptors (Lipinski definition) is 5. The molecule has 1 N–H and O–H groups in total. The minimum Gasteiger partial charge on any atom is -0.497 e. The van der Waals surface area contributed by atoms with E-state index >= 15 is 0 Å². The molecule has 0 spiro atoms. The quantitative estimate of drug-likeness (QED) is 0.286. The number of methoxy groups -OCH3 is 2. The summed E-state index contributed by atoms with van der Waals surface area (Å²) in [4.78, 5) is 23.8. The average Bonchev–Trinajstić information content (AvgIpc) is 3.20. The molecular formula is C25H20ClNO6. The van der Waals surface area contributed by atoms with Gasteiger partial charge < -0.3 is 23.9 Å². The highest BCUT2D eigenvalue weighted by atomic mass is 35.5. The van der Waals surface area contributed by atoms with Crippen molar-refractivity contribution in [3.05, 3.63) is 83.0 Å². The average molecular weight is 466 g/mol. The Hall–Kier alpha value is -3.97. The first-order valence-corrected chi connectivity index (χ1v) is 10.3. The summed E-state index contributed by atoms with van der Waals surface area (Å²) < 4.78 is 18.1. The molecule has 3 aromatic carbocycles. The minimum absolute atomic E-state index is 0.0226. The number of carboxylic acid groups (broad SMARTS) is 1. The van der Waals surface area contributed by atoms with Crippen LogP contribution in [0.3, 0.4) is 0 Å². The van der Waals surface area contributed by atoms with Gasteiger partial charge in [-0.2, -0.15) is 0 Å². The third-order valence-electron chi connectivity index (χ3n) is 5.08. The van der Waals surface area contributed by atoms with Crippen LogP contribution in [0.5, 0.6) is 17.2 Å². The monoisotopic (exact) mass is 465 g/mol. The Bertz CT molecular complexity index is 1340. The lowest BCUT2D eigenvalue weighted by Crippen LogP contribution is -2.16. The van der Waals surface area contributed by atoms with E-state index in [9.17, 15) is 14.7 Å². The van der Waals surface area contributed by atoms with Gasteiger partial charge in [-0.05, 0) is 54.1 Å². The molecule has 0 saturated carbocycles.